The number of carbonyl (C=O) groups excluding carboxylic acids is 1. The summed E-state index contributed by atoms with van der Waals surface area (Å²) < 4.78 is 11.7. The van der Waals surface area contributed by atoms with Crippen molar-refractivity contribution in [2.75, 3.05) is 0 Å². The quantitative estimate of drug-likeness (QED) is 0.582. The smallest absolute Gasteiger partial charge is 0.308 e. The first kappa shape index (κ1) is 13.9. The molecule has 0 saturated heterocycles. The number of rotatable bonds is 1. The minimum absolute atomic E-state index is 0.162. The van der Waals surface area contributed by atoms with Gasteiger partial charge in [0.05, 0.1) is 0 Å². The molecule has 21 heavy (non-hydrogen) atoms. The molecule has 110 valence electrons. The molecule has 0 saturated carbocycles. The maximum Gasteiger partial charge on any atom is 0.308 e. The molecule has 2 aromatic carbocycles. The van der Waals surface area contributed by atoms with E-state index in [0.717, 1.165) is 40.5 Å². The summed E-state index contributed by atoms with van der Waals surface area (Å²) in [4.78, 5) is 11.4. The minimum atomic E-state index is -0.291. The van der Waals surface area contributed by atoms with Crippen LogP contribution >= 0.6 is 0 Å². The second-order valence-corrected chi connectivity index (χ2v) is 6.26. The fraction of sp³-hybridized carbons (Fsp3) is 0.389. The van der Waals surface area contributed by atoms with E-state index in [-0.39, 0.29) is 11.6 Å². The number of hydrogen-bond acceptors (Lipinski definition) is 3. The molecule has 1 aliphatic rings. The molecule has 3 nitrogen and oxygen atoms in total. The first-order valence-electron chi connectivity index (χ1n) is 7.31. The monoisotopic (exact) mass is 284 g/mol. The molecule has 0 unspecified atom stereocenters. The lowest BCUT2D eigenvalue weighted by molar-refractivity contribution is -0.131. The van der Waals surface area contributed by atoms with Crippen LogP contribution in [0.15, 0.2) is 24.3 Å². The third-order valence-corrected chi connectivity index (χ3v) is 4.08. The van der Waals surface area contributed by atoms with Crippen LogP contribution in [0.1, 0.15) is 38.3 Å². The molecule has 3 rings (SSSR count). The van der Waals surface area contributed by atoms with Crippen molar-refractivity contribution in [3.05, 3.63) is 35.4 Å². The molecule has 0 aliphatic carbocycles. The van der Waals surface area contributed by atoms with Gasteiger partial charge in [-0.1, -0.05) is 24.3 Å². The summed E-state index contributed by atoms with van der Waals surface area (Å²) in [5, 5.41) is 1.95. The molecule has 0 amide bonds. The van der Waals surface area contributed by atoms with Gasteiger partial charge in [0.2, 0.25) is 0 Å². The number of hydrogen-bond donors (Lipinski definition) is 0. The van der Waals surface area contributed by atoms with Gasteiger partial charge in [-0.25, -0.2) is 0 Å². The van der Waals surface area contributed by atoms with Crippen LogP contribution in [-0.4, -0.2) is 11.6 Å². The molecule has 0 atom stereocenters. The van der Waals surface area contributed by atoms with E-state index >= 15 is 0 Å². The minimum Gasteiger partial charge on any atom is -0.487 e. The van der Waals surface area contributed by atoms with Gasteiger partial charge in [-0.15, -0.1) is 0 Å². The lowest BCUT2D eigenvalue weighted by Crippen LogP contribution is -2.33. The molecule has 0 radical (unpaired) electrons. The second kappa shape index (κ2) is 4.76. The van der Waals surface area contributed by atoms with Crippen LogP contribution in [0.3, 0.4) is 0 Å². The van der Waals surface area contributed by atoms with E-state index in [9.17, 15) is 4.79 Å². The summed E-state index contributed by atoms with van der Waals surface area (Å²) >= 11 is 0. The Morgan fingerprint density at radius 1 is 1.24 bits per heavy atom. The third kappa shape index (κ3) is 2.37. The highest BCUT2D eigenvalue weighted by Gasteiger charge is 2.30. The van der Waals surface area contributed by atoms with Gasteiger partial charge in [0.15, 0.2) is 0 Å². The molecular formula is C18H20O3. The predicted octanol–water partition coefficient (Wildman–Crippen LogP) is 4.18. The molecule has 0 spiro atoms. The zero-order valence-corrected chi connectivity index (χ0v) is 12.9. The largest absolute Gasteiger partial charge is 0.487 e. The SMILES string of the molecule is CC(=O)Oc1c(C)c2c(c3ccccc13)OC(C)(C)CC2. The zero-order valence-electron chi connectivity index (χ0n) is 12.9. The number of carbonyl (C=O) groups is 1. The van der Waals surface area contributed by atoms with Crippen LogP contribution in [-0.2, 0) is 11.2 Å². The maximum atomic E-state index is 11.4. The summed E-state index contributed by atoms with van der Waals surface area (Å²) in [6.45, 7) is 7.67. The summed E-state index contributed by atoms with van der Waals surface area (Å²) in [5.74, 6) is 1.32. The third-order valence-electron chi connectivity index (χ3n) is 4.08. The molecular weight excluding hydrogens is 264 g/mol. The van der Waals surface area contributed by atoms with Crippen molar-refractivity contribution in [3.8, 4) is 11.5 Å². The Balaban J connectivity index is 2.32. The van der Waals surface area contributed by atoms with E-state index < -0.39 is 0 Å². The Morgan fingerprint density at radius 2 is 1.90 bits per heavy atom. The maximum absolute atomic E-state index is 11.4. The Labute approximate surface area is 124 Å². The average Bonchev–Trinajstić information content (AvgIpc) is 2.42. The second-order valence-electron chi connectivity index (χ2n) is 6.26. The van der Waals surface area contributed by atoms with Gasteiger partial charge in [0.1, 0.15) is 17.1 Å². The fourth-order valence-electron chi connectivity index (χ4n) is 3.00. The standard InChI is InChI=1S/C18H20O3/c1-11-13-9-10-18(3,4)21-17(13)15-8-6-5-7-14(15)16(11)20-12(2)19/h5-8H,9-10H2,1-4H3. The van der Waals surface area contributed by atoms with E-state index in [1.807, 2.05) is 31.2 Å². The van der Waals surface area contributed by atoms with Gasteiger partial charge >= 0.3 is 5.97 Å². The van der Waals surface area contributed by atoms with Gasteiger partial charge in [0, 0.05) is 23.3 Å². The molecule has 1 aliphatic heterocycles. The van der Waals surface area contributed by atoms with E-state index in [4.69, 9.17) is 9.47 Å². The number of fused-ring (bicyclic) bond motifs is 3. The van der Waals surface area contributed by atoms with Gasteiger partial charge in [-0.3, -0.25) is 4.79 Å². The van der Waals surface area contributed by atoms with Crippen molar-refractivity contribution in [2.24, 2.45) is 0 Å². The van der Waals surface area contributed by atoms with Gasteiger partial charge in [0.25, 0.3) is 0 Å². The highest BCUT2D eigenvalue weighted by atomic mass is 16.5. The lowest BCUT2D eigenvalue weighted by Gasteiger charge is -2.34. The van der Waals surface area contributed by atoms with Gasteiger partial charge < -0.3 is 9.47 Å². The van der Waals surface area contributed by atoms with Crippen molar-refractivity contribution in [2.45, 2.75) is 46.1 Å². The Bertz CT molecular complexity index is 729. The molecule has 2 aromatic rings. The zero-order chi connectivity index (χ0) is 15.2. The highest BCUT2D eigenvalue weighted by Crippen LogP contribution is 2.45. The molecule has 0 bridgehead atoms. The molecule has 0 N–H and O–H groups in total. The van der Waals surface area contributed by atoms with Crippen molar-refractivity contribution < 1.29 is 14.3 Å². The Hall–Kier alpha value is -2.03. The Morgan fingerprint density at radius 3 is 2.57 bits per heavy atom. The topological polar surface area (TPSA) is 35.5 Å². The number of benzene rings is 2. The predicted molar refractivity (Wildman–Crippen MR) is 83.0 cm³/mol. The average molecular weight is 284 g/mol. The van der Waals surface area contributed by atoms with Crippen molar-refractivity contribution in [1.82, 2.24) is 0 Å². The normalized spacial score (nSPS) is 16.2. The van der Waals surface area contributed by atoms with Crippen LogP contribution in [0.4, 0.5) is 0 Å². The van der Waals surface area contributed by atoms with E-state index in [1.165, 1.54) is 6.92 Å². The summed E-state index contributed by atoms with van der Waals surface area (Å²) in [6, 6.07) is 7.95. The van der Waals surface area contributed by atoms with Crippen LogP contribution in [0, 0.1) is 6.92 Å². The first-order chi connectivity index (χ1) is 9.89. The number of esters is 1. The number of ether oxygens (including phenoxy) is 2. The van der Waals surface area contributed by atoms with Crippen molar-refractivity contribution in [1.29, 1.82) is 0 Å². The lowest BCUT2D eigenvalue weighted by atomic mass is 9.89. The van der Waals surface area contributed by atoms with Gasteiger partial charge in [-0.2, -0.15) is 0 Å². The highest BCUT2D eigenvalue weighted by molar-refractivity contribution is 5.97. The van der Waals surface area contributed by atoms with Gasteiger partial charge in [-0.05, 0) is 39.2 Å². The van der Waals surface area contributed by atoms with Crippen molar-refractivity contribution >= 4 is 16.7 Å². The van der Waals surface area contributed by atoms with Crippen LogP contribution in [0.25, 0.3) is 10.8 Å². The van der Waals surface area contributed by atoms with E-state index in [0.29, 0.717) is 5.75 Å². The van der Waals surface area contributed by atoms with E-state index in [1.54, 1.807) is 0 Å². The fourth-order valence-corrected chi connectivity index (χ4v) is 3.00. The summed E-state index contributed by atoms with van der Waals surface area (Å²) in [6.07, 6.45) is 1.89. The molecule has 1 heterocycles. The summed E-state index contributed by atoms with van der Waals surface area (Å²) in [7, 11) is 0. The van der Waals surface area contributed by atoms with Crippen LogP contribution < -0.4 is 9.47 Å². The summed E-state index contributed by atoms with van der Waals surface area (Å²) in [5.41, 5.74) is 2.00. The molecule has 0 fully saturated rings. The molecule has 0 aromatic heterocycles. The van der Waals surface area contributed by atoms with Crippen molar-refractivity contribution in [3.63, 3.8) is 0 Å². The van der Waals surface area contributed by atoms with E-state index in [2.05, 4.69) is 13.8 Å². The van der Waals surface area contributed by atoms with Crippen LogP contribution in [0.5, 0.6) is 11.5 Å². The molecule has 3 heteroatoms. The Kier molecular flexibility index (Phi) is 3.16. The first-order valence-corrected chi connectivity index (χ1v) is 7.31. The van der Waals surface area contributed by atoms with Crippen LogP contribution in [0.2, 0.25) is 0 Å².